The number of benzene rings is 1. The van der Waals surface area contributed by atoms with E-state index in [0.717, 1.165) is 4.90 Å². The number of rotatable bonds is 3. The smallest absolute Gasteiger partial charge is 0.244 e. The Balaban J connectivity index is 2.47. The lowest BCUT2D eigenvalue weighted by molar-refractivity contribution is -0.144. The number of likely N-dealkylation sites (tertiary alicyclic amines) is 1. The van der Waals surface area contributed by atoms with Crippen molar-refractivity contribution in [1.82, 2.24) is 4.90 Å². The minimum Gasteiger partial charge on any atom is -0.395 e. The Bertz CT molecular complexity index is 445. The highest BCUT2D eigenvalue weighted by molar-refractivity contribution is 6.09. The van der Waals surface area contributed by atoms with Crippen molar-refractivity contribution >= 4 is 11.8 Å². The van der Waals surface area contributed by atoms with Gasteiger partial charge in [0.25, 0.3) is 0 Å². The molecule has 0 unspecified atom stereocenters. The lowest BCUT2D eigenvalue weighted by atomic mass is 9.80. The van der Waals surface area contributed by atoms with Crippen molar-refractivity contribution in [2.24, 2.45) is 0 Å². The van der Waals surface area contributed by atoms with Gasteiger partial charge in [0.1, 0.15) is 12.1 Å². The number of carbonyl (C=O) groups is 2. The summed E-state index contributed by atoms with van der Waals surface area (Å²) >= 11 is 0. The van der Waals surface area contributed by atoms with Crippen LogP contribution in [0, 0.1) is 0 Å². The van der Waals surface area contributed by atoms with Crippen LogP contribution in [-0.2, 0) is 15.0 Å². The van der Waals surface area contributed by atoms with Crippen molar-refractivity contribution in [3.05, 3.63) is 35.9 Å². The van der Waals surface area contributed by atoms with Crippen LogP contribution < -0.4 is 0 Å². The van der Waals surface area contributed by atoms with Gasteiger partial charge in [-0.2, -0.15) is 0 Å². The normalized spacial score (nSPS) is 24.5. The number of hydrogen-bond donors (Lipinski definition) is 2. The van der Waals surface area contributed by atoms with Crippen LogP contribution in [-0.4, -0.2) is 40.3 Å². The van der Waals surface area contributed by atoms with Crippen LogP contribution in [0.5, 0.6) is 0 Å². The molecule has 1 aromatic carbocycles. The molecule has 0 aromatic heterocycles. The first kappa shape index (κ1) is 11.8. The number of imide groups is 1. The Morgan fingerprint density at radius 1 is 1.18 bits per heavy atom. The fourth-order valence-corrected chi connectivity index (χ4v) is 2.14. The van der Waals surface area contributed by atoms with Crippen LogP contribution in [0.3, 0.4) is 0 Å². The molecule has 1 heterocycles. The predicted octanol–water partition coefficient (Wildman–Crippen LogP) is -0.375. The van der Waals surface area contributed by atoms with E-state index in [2.05, 4.69) is 0 Å². The summed E-state index contributed by atoms with van der Waals surface area (Å²) in [6.45, 7) is -1.09. The molecule has 0 saturated carbocycles. The van der Waals surface area contributed by atoms with Crippen molar-refractivity contribution in [1.29, 1.82) is 0 Å². The van der Waals surface area contributed by atoms with Crippen LogP contribution in [0.2, 0.25) is 0 Å². The second-order valence-corrected chi connectivity index (χ2v) is 4.05. The van der Waals surface area contributed by atoms with Crippen LogP contribution >= 0.6 is 0 Å². The van der Waals surface area contributed by atoms with Gasteiger partial charge >= 0.3 is 0 Å². The summed E-state index contributed by atoms with van der Waals surface area (Å²) < 4.78 is 0. The van der Waals surface area contributed by atoms with Gasteiger partial charge in [-0.1, -0.05) is 30.3 Å². The molecule has 0 radical (unpaired) electrons. The zero-order valence-electron chi connectivity index (χ0n) is 9.17. The van der Waals surface area contributed by atoms with Gasteiger partial charge in [0.2, 0.25) is 11.8 Å². The summed E-state index contributed by atoms with van der Waals surface area (Å²) in [6, 6.07) is 8.67. The summed E-state index contributed by atoms with van der Waals surface area (Å²) in [6.07, 6.45) is -0.104. The molecule has 2 amide bonds. The molecule has 2 N–H and O–H groups in total. The first-order valence-corrected chi connectivity index (χ1v) is 5.28. The highest BCUT2D eigenvalue weighted by Crippen LogP contribution is 2.35. The topological polar surface area (TPSA) is 77.8 Å². The second-order valence-electron chi connectivity index (χ2n) is 4.05. The SMILES string of the molecule is O=C1C[C@@](CO)(c2ccccc2)C(=O)N1CO. The van der Waals surface area contributed by atoms with Gasteiger partial charge in [-0.05, 0) is 5.56 Å². The van der Waals surface area contributed by atoms with Gasteiger partial charge in [-0.3, -0.25) is 14.5 Å². The van der Waals surface area contributed by atoms with E-state index in [1.54, 1.807) is 30.3 Å². The third-order valence-electron chi connectivity index (χ3n) is 3.15. The quantitative estimate of drug-likeness (QED) is 0.700. The first-order chi connectivity index (χ1) is 8.15. The Kier molecular flexibility index (Phi) is 2.95. The molecule has 5 nitrogen and oxygen atoms in total. The zero-order chi connectivity index (χ0) is 12.5. The van der Waals surface area contributed by atoms with Gasteiger partial charge in [0.05, 0.1) is 6.61 Å². The molecule has 1 aliphatic rings. The molecular weight excluding hydrogens is 222 g/mol. The fraction of sp³-hybridized carbons (Fsp3) is 0.333. The summed E-state index contributed by atoms with van der Waals surface area (Å²) in [5, 5.41) is 18.5. The van der Waals surface area contributed by atoms with E-state index in [0.29, 0.717) is 5.56 Å². The van der Waals surface area contributed by atoms with Gasteiger partial charge in [0.15, 0.2) is 0 Å². The number of aliphatic hydroxyl groups is 2. The Morgan fingerprint density at radius 3 is 2.29 bits per heavy atom. The standard InChI is InChI=1S/C12H13NO4/c14-7-12(9-4-2-1-3-5-9)6-10(16)13(8-15)11(12)17/h1-5,14-15H,6-8H2/t12-/m1/s1. The predicted molar refractivity (Wildman–Crippen MR) is 58.8 cm³/mol. The molecule has 0 aliphatic carbocycles. The maximum Gasteiger partial charge on any atom is 0.244 e. The monoisotopic (exact) mass is 235 g/mol. The number of amides is 2. The van der Waals surface area contributed by atoms with E-state index in [1.807, 2.05) is 0 Å². The Morgan fingerprint density at radius 2 is 1.82 bits per heavy atom. The average Bonchev–Trinajstić information content (AvgIpc) is 2.62. The maximum absolute atomic E-state index is 12.1. The lowest BCUT2D eigenvalue weighted by Gasteiger charge is -2.24. The van der Waals surface area contributed by atoms with Gasteiger partial charge in [-0.25, -0.2) is 0 Å². The molecule has 0 bridgehead atoms. The zero-order valence-corrected chi connectivity index (χ0v) is 9.17. The van der Waals surface area contributed by atoms with Crippen LogP contribution in [0.15, 0.2) is 30.3 Å². The van der Waals surface area contributed by atoms with E-state index >= 15 is 0 Å². The third-order valence-corrected chi connectivity index (χ3v) is 3.15. The molecule has 1 atom stereocenters. The van der Waals surface area contributed by atoms with Crippen LogP contribution in [0.4, 0.5) is 0 Å². The first-order valence-electron chi connectivity index (χ1n) is 5.28. The average molecular weight is 235 g/mol. The van der Waals surface area contributed by atoms with E-state index in [1.165, 1.54) is 0 Å². The molecular formula is C12H13NO4. The second kappa shape index (κ2) is 4.27. The summed E-state index contributed by atoms with van der Waals surface area (Å²) in [4.78, 5) is 24.5. The molecule has 1 aliphatic heterocycles. The summed E-state index contributed by atoms with van der Waals surface area (Å²) in [7, 11) is 0. The fourth-order valence-electron chi connectivity index (χ4n) is 2.14. The van der Waals surface area contributed by atoms with Crippen molar-refractivity contribution in [2.75, 3.05) is 13.3 Å². The third kappa shape index (κ3) is 1.64. The van der Waals surface area contributed by atoms with Crippen molar-refractivity contribution in [2.45, 2.75) is 11.8 Å². The maximum atomic E-state index is 12.1. The number of hydrogen-bond acceptors (Lipinski definition) is 4. The number of nitrogens with zero attached hydrogens (tertiary/aromatic N) is 1. The molecule has 1 saturated heterocycles. The minimum atomic E-state index is -1.24. The molecule has 17 heavy (non-hydrogen) atoms. The van der Waals surface area contributed by atoms with E-state index < -0.39 is 30.6 Å². The van der Waals surface area contributed by atoms with E-state index in [9.17, 15) is 14.7 Å². The minimum absolute atomic E-state index is 0.104. The summed E-state index contributed by atoms with van der Waals surface area (Å²) in [5.41, 5.74) is -0.641. The molecule has 0 spiro atoms. The molecule has 1 fully saturated rings. The van der Waals surface area contributed by atoms with Gasteiger partial charge in [-0.15, -0.1) is 0 Å². The van der Waals surface area contributed by atoms with E-state index in [4.69, 9.17) is 5.11 Å². The molecule has 2 rings (SSSR count). The van der Waals surface area contributed by atoms with Gasteiger partial charge in [0, 0.05) is 6.42 Å². The lowest BCUT2D eigenvalue weighted by Crippen LogP contribution is -2.41. The number of aliphatic hydroxyl groups excluding tert-OH is 2. The van der Waals surface area contributed by atoms with Crippen molar-refractivity contribution in [3.8, 4) is 0 Å². The Labute approximate surface area is 98.3 Å². The van der Waals surface area contributed by atoms with E-state index in [-0.39, 0.29) is 6.42 Å². The van der Waals surface area contributed by atoms with Gasteiger partial charge < -0.3 is 10.2 Å². The van der Waals surface area contributed by atoms with Crippen LogP contribution in [0.25, 0.3) is 0 Å². The number of carbonyl (C=O) groups excluding carboxylic acids is 2. The van der Waals surface area contributed by atoms with Crippen molar-refractivity contribution < 1.29 is 19.8 Å². The molecule has 90 valence electrons. The Hall–Kier alpha value is -1.72. The molecule has 1 aromatic rings. The molecule has 5 heteroatoms. The van der Waals surface area contributed by atoms with Crippen molar-refractivity contribution in [3.63, 3.8) is 0 Å². The highest BCUT2D eigenvalue weighted by Gasteiger charge is 2.52. The van der Waals surface area contributed by atoms with Crippen LogP contribution in [0.1, 0.15) is 12.0 Å². The summed E-state index contributed by atoms with van der Waals surface area (Å²) in [5.74, 6) is -1.01. The largest absolute Gasteiger partial charge is 0.395 e. The highest BCUT2D eigenvalue weighted by atomic mass is 16.3.